The van der Waals surface area contributed by atoms with Gasteiger partial charge in [0.25, 0.3) is 11.5 Å². The Hall–Kier alpha value is -3.11. The summed E-state index contributed by atoms with van der Waals surface area (Å²) in [5.74, 6) is -1.16. The van der Waals surface area contributed by atoms with Gasteiger partial charge in [0.1, 0.15) is 17.9 Å². The van der Waals surface area contributed by atoms with E-state index < -0.39 is 41.2 Å². The largest absolute Gasteiger partial charge is 0.383 e. The zero-order valence-electron chi connectivity index (χ0n) is 17.3. The predicted molar refractivity (Wildman–Crippen MR) is 110 cm³/mol. The summed E-state index contributed by atoms with van der Waals surface area (Å²) < 4.78 is 1.22. The minimum atomic E-state index is -0.918. The molecule has 0 atom stereocenters. The number of hydrogen-bond donors (Lipinski definition) is 3. The Morgan fingerprint density at radius 3 is 2.43 bits per heavy atom. The molecule has 11 heteroatoms. The third kappa shape index (κ3) is 3.59. The van der Waals surface area contributed by atoms with Crippen molar-refractivity contribution in [1.29, 1.82) is 0 Å². The normalized spacial score (nSPS) is 17.6. The van der Waals surface area contributed by atoms with Crippen LogP contribution >= 0.6 is 0 Å². The van der Waals surface area contributed by atoms with Crippen LogP contribution in [0.5, 0.6) is 0 Å². The molecule has 4 N–H and O–H groups in total. The van der Waals surface area contributed by atoms with Crippen LogP contribution in [0.3, 0.4) is 0 Å². The summed E-state index contributed by atoms with van der Waals surface area (Å²) in [6.07, 6.45) is 4.24. The maximum absolute atomic E-state index is 13.0. The number of aromatic nitrogens is 2. The number of rotatable bonds is 7. The van der Waals surface area contributed by atoms with Gasteiger partial charge in [-0.25, -0.2) is 9.59 Å². The quantitative estimate of drug-likeness (QED) is 0.534. The highest BCUT2D eigenvalue weighted by Gasteiger charge is 2.53. The first-order chi connectivity index (χ1) is 14.3. The summed E-state index contributed by atoms with van der Waals surface area (Å²) >= 11 is 0. The Morgan fingerprint density at radius 1 is 1.17 bits per heavy atom. The molecule has 4 amide bonds. The number of nitrogens with one attached hydrogen (secondary N) is 2. The van der Waals surface area contributed by atoms with Crippen LogP contribution in [0.25, 0.3) is 0 Å². The summed E-state index contributed by atoms with van der Waals surface area (Å²) in [6, 6.07) is -0.610. The van der Waals surface area contributed by atoms with Crippen molar-refractivity contribution in [2.75, 3.05) is 23.7 Å². The standard InChI is InChI=1S/C19H28N6O5/c1-3-5-10-24-14(20)13(15(27)21-17(24)29)23(4-2)12(26)11-25-16(28)19(22-18(25)30)8-6-7-9-19/h3-11,20H2,1-2H3,(H,22,30)(H,21,27,29). The van der Waals surface area contributed by atoms with Gasteiger partial charge < -0.3 is 16.0 Å². The van der Waals surface area contributed by atoms with Crippen molar-refractivity contribution in [1.82, 2.24) is 19.8 Å². The lowest BCUT2D eigenvalue weighted by molar-refractivity contribution is -0.134. The van der Waals surface area contributed by atoms with Crippen molar-refractivity contribution in [3.05, 3.63) is 20.8 Å². The number of carbonyl (C=O) groups excluding carboxylic acids is 3. The van der Waals surface area contributed by atoms with Gasteiger partial charge in [-0.2, -0.15) is 0 Å². The van der Waals surface area contributed by atoms with E-state index >= 15 is 0 Å². The van der Waals surface area contributed by atoms with Gasteiger partial charge in [-0.15, -0.1) is 0 Å². The van der Waals surface area contributed by atoms with Gasteiger partial charge in [0.05, 0.1) is 0 Å². The van der Waals surface area contributed by atoms with Crippen LogP contribution in [0.15, 0.2) is 9.59 Å². The van der Waals surface area contributed by atoms with E-state index in [2.05, 4.69) is 10.3 Å². The Balaban J connectivity index is 1.88. The molecule has 0 bridgehead atoms. The first-order valence-corrected chi connectivity index (χ1v) is 10.3. The number of nitrogen functional groups attached to an aromatic ring is 1. The first kappa shape index (κ1) is 21.6. The number of anilines is 2. The molecular formula is C19H28N6O5. The SMILES string of the molecule is CCCCn1c(N)c(N(CC)C(=O)CN2C(=O)NC3(CCCC3)C2=O)c(=O)[nH]c1=O. The van der Waals surface area contributed by atoms with Crippen LogP contribution in [-0.4, -0.2) is 50.9 Å². The number of likely N-dealkylation sites (N-methyl/N-ethyl adjacent to an activating group) is 1. The number of carbonyl (C=O) groups is 3. The molecule has 164 valence electrons. The van der Waals surface area contributed by atoms with E-state index in [1.54, 1.807) is 6.92 Å². The molecule has 2 aliphatic rings. The third-order valence-electron chi connectivity index (χ3n) is 5.83. The smallest absolute Gasteiger partial charge is 0.330 e. The Labute approximate surface area is 173 Å². The predicted octanol–water partition coefficient (Wildman–Crippen LogP) is 0.136. The average Bonchev–Trinajstić information content (AvgIpc) is 3.25. The molecule has 1 aliphatic carbocycles. The van der Waals surface area contributed by atoms with Crippen molar-refractivity contribution < 1.29 is 14.4 Å². The van der Waals surface area contributed by atoms with Gasteiger partial charge >= 0.3 is 11.7 Å². The van der Waals surface area contributed by atoms with E-state index in [0.29, 0.717) is 25.8 Å². The molecule has 2 heterocycles. The fourth-order valence-corrected chi connectivity index (χ4v) is 4.19. The van der Waals surface area contributed by atoms with Crippen molar-refractivity contribution >= 4 is 29.4 Å². The van der Waals surface area contributed by atoms with Crippen molar-refractivity contribution in [2.45, 2.75) is 64.5 Å². The van der Waals surface area contributed by atoms with Gasteiger partial charge in [0, 0.05) is 13.1 Å². The van der Waals surface area contributed by atoms with Crippen LogP contribution in [0.4, 0.5) is 16.3 Å². The maximum atomic E-state index is 13.0. The van der Waals surface area contributed by atoms with Crippen molar-refractivity contribution in [3.8, 4) is 0 Å². The summed E-state index contributed by atoms with van der Waals surface area (Å²) in [6.45, 7) is 3.46. The third-order valence-corrected chi connectivity index (χ3v) is 5.83. The van der Waals surface area contributed by atoms with E-state index in [1.165, 1.54) is 4.57 Å². The van der Waals surface area contributed by atoms with E-state index in [-0.39, 0.29) is 18.1 Å². The Kier molecular flexibility index (Phi) is 5.99. The second-order valence-electron chi connectivity index (χ2n) is 7.75. The summed E-state index contributed by atoms with van der Waals surface area (Å²) in [5.41, 5.74) is 3.59. The number of amides is 4. The summed E-state index contributed by atoms with van der Waals surface area (Å²) in [5, 5.41) is 2.72. The molecule has 2 fully saturated rings. The van der Waals surface area contributed by atoms with Crippen LogP contribution in [0, 0.1) is 0 Å². The number of nitrogens with zero attached hydrogens (tertiary/aromatic N) is 3. The second-order valence-corrected chi connectivity index (χ2v) is 7.75. The topological polar surface area (TPSA) is 151 Å². The van der Waals surface area contributed by atoms with E-state index in [4.69, 9.17) is 5.73 Å². The Bertz CT molecular complexity index is 975. The number of aromatic amines is 1. The highest BCUT2D eigenvalue weighted by Crippen LogP contribution is 2.35. The monoisotopic (exact) mass is 420 g/mol. The summed E-state index contributed by atoms with van der Waals surface area (Å²) in [4.78, 5) is 67.0. The first-order valence-electron chi connectivity index (χ1n) is 10.3. The number of urea groups is 1. The molecule has 1 spiro atoms. The molecule has 0 aromatic carbocycles. The highest BCUT2D eigenvalue weighted by atomic mass is 16.2. The maximum Gasteiger partial charge on any atom is 0.330 e. The molecular weight excluding hydrogens is 392 g/mol. The highest BCUT2D eigenvalue weighted by molar-refractivity contribution is 6.10. The molecule has 1 saturated heterocycles. The van der Waals surface area contributed by atoms with E-state index in [0.717, 1.165) is 29.1 Å². The molecule has 3 rings (SSSR count). The van der Waals surface area contributed by atoms with Gasteiger partial charge in [0.15, 0.2) is 5.69 Å². The molecule has 1 aliphatic heterocycles. The van der Waals surface area contributed by atoms with E-state index in [9.17, 15) is 24.0 Å². The lowest BCUT2D eigenvalue weighted by Crippen LogP contribution is -2.47. The number of unbranched alkanes of at least 4 members (excludes halogenated alkanes) is 1. The molecule has 0 radical (unpaired) electrons. The van der Waals surface area contributed by atoms with Gasteiger partial charge in [-0.1, -0.05) is 26.2 Å². The van der Waals surface area contributed by atoms with Crippen LogP contribution < -0.4 is 27.2 Å². The molecule has 1 aromatic rings. The summed E-state index contributed by atoms with van der Waals surface area (Å²) in [7, 11) is 0. The minimum absolute atomic E-state index is 0.0763. The zero-order chi connectivity index (χ0) is 22.1. The van der Waals surface area contributed by atoms with Crippen LogP contribution in [0.2, 0.25) is 0 Å². The van der Waals surface area contributed by atoms with Gasteiger partial charge in [-0.3, -0.25) is 28.8 Å². The lowest BCUT2D eigenvalue weighted by Gasteiger charge is -2.25. The molecule has 30 heavy (non-hydrogen) atoms. The number of H-pyrrole nitrogens is 1. The minimum Gasteiger partial charge on any atom is -0.383 e. The van der Waals surface area contributed by atoms with Crippen molar-refractivity contribution in [2.24, 2.45) is 0 Å². The number of nitrogens with two attached hydrogens (primary N) is 1. The van der Waals surface area contributed by atoms with Gasteiger partial charge in [0.2, 0.25) is 5.91 Å². The average molecular weight is 420 g/mol. The van der Waals surface area contributed by atoms with Crippen LogP contribution in [-0.2, 0) is 16.1 Å². The molecule has 1 aromatic heterocycles. The van der Waals surface area contributed by atoms with Crippen molar-refractivity contribution in [3.63, 3.8) is 0 Å². The van der Waals surface area contributed by atoms with E-state index in [1.807, 2.05) is 6.92 Å². The molecule has 11 nitrogen and oxygen atoms in total. The lowest BCUT2D eigenvalue weighted by atomic mass is 9.98. The molecule has 1 saturated carbocycles. The zero-order valence-corrected chi connectivity index (χ0v) is 17.3. The number of hydrogen-bond acceptors (Lipinski definition) is 6. The van der Waals surface area contributed by atoms with Crippen LogP contribution in [0.1, 0.15) is 52.4 Å². The van der Waals surface area contributed by atoms with Gasteiger partial charge in [-0.05, 0) is 26.2 Å². The fourth-order valence-electron chi connectivity index (χ4n) is 4.19. The molecule has 0 unspecified atom stereocenters. The second kappa shape index (κ2) is 8.33. The Morgan fingerprint density at radius 2 is 1.83 bits per heavy atom. The number of imide groups is 1. The fraction of sp³-hybridized carbons (Fsp3) is 0.632.